The van der Waals surface area contributed by atoms with Crippen molar-refractivity contribution in [1.82, 2.24) is 20.0 Å². The first-order chi connectivity index (χ1) is 13.5. The second kappa shape index (κ2) is 7.99. The number of ether oxygens (including phenoxy) is 3. The summed E-state index contributed by atoms with van der Waals surface area (Å²) in [5.74, 6) is 1.15. The number of hydrogen-bond donors (Lipinski definition) is 1. The molecule has 0 aliphatic rings. The molecule has 1 N–H and O–H groups in total. The molecule has 0 spiro atoms. The van der Waals surface area contributed by atoms with Crippen LogP contribution in [0.4, 0.5) is 6.01 Å². The van der Waals surface area contributed by atoms with E-state index in [9.17, 15) is 4.79 Å². The first-order valence-electron chi connectivity index (χ1n) is 8.50. The number of hydrogen-bond acceptors (Lipinski definition) is 8. The number of nitrogens with zero attached hydrogens (tertiary/aromatic N) is 4. The van der Waals surface area contributed by atoms with E-state index in [1.165, 1.54) is 21.3 Å². The second-order valence-electron chi connectivity index (χ2n) is 5.77. The topological polar surface area (TPSA) is 114 Å². The third-order valence-corrected chi connectivity index (χ3v) is 3.99. The van der Waals surface area contributed by atoms with Gasteiger partial charge in [0.2, 0.25) is 11.6 Å². The summed E-state index contributed by atoms with van der Waals surface area (Å²) in [6.45, 7) is 4.29. The molecule has 2 aromatic heterocycles. The average Bonchev–Trinajstić information content (AvgIpc) is 3.32. The van der Waals surface area contributed by atoms with Crippen LogP contribution in [0.25, 0.3) is 11.5 Å². The highest BCUT2D eigenvalue weighted by Gasteiger charge is 2.19. The van der Waals surface area contributed by atoms with Crippen LogP contribution in [-0.2, 0) is 6.54 Å². The molecule has 10 heteroatoms. The SMILES string of the molecule is CCn1nc(C)cc1C(=O)Nc1nnc(-c2cc(OC)c(OC)c(OC)c2)o1. The minimum absolute atomic E-state index is 0.0322. The van der Waals surface area contributed by atoms with E-state index in [0.29, 0.717) is 35.1 Å². The molecule has 1 amide bonds. The maximum Gasteiger partial charge on any atom is 0.322 e. The van der Waals surface area contributed by atoms with E-state index in [4.69, 9.17) is 18.6 Å². The van der Waals surface area contributed by atoms with Crippen LogP contribution in [0, 0.1) is 6.92 Å². The van der Waals surface area contributed by atoms with Gasteiger partial charge in [-0.2, -0.15) is 5.10 Å². The van der Waals surface area contributed by atoms with Crippen molar-refractivity contribution < 1.29 is 23.4 Å². The number of methoxy groups -OCH3 is 3. The number of aryl methyl sites for hydroxylation is 2. The lowest BCUT2D eigenvalue weighted by molar-refractivity contribution is 0.101. The Morgan fingerprint density at radius 3 is 2.36 bits per heavy atom. The Morgan fingerprint density at radius 2 is 1.79 bits per heavy atom. The highest BCUT2D eigenvalue weighted by molar-refractivity contribution is 6.01. The van der Waals surface area contributed by atoms with Crippen molar-refractivity contribution in [2.24, 2.45) is 0 Å². The Kier molecular flexibility index (Phi) is 5.48. The number of benzene rings is 1. The predicted octanol–water partition coefficient (Wildman–Crippen LogP) is 2.54. The molecule has 148 valence electrons. The van der Waals surface area contributed by atoms with Gasteiger partial charge in [0, 0.05) is 12.1 Å². The van der Waals surface area contributed by atoms with Crippen LogP contribution in [0.3, 0.4) is 0 Å². The van der Waals surface area contributed by atoms with Crippen molar-refractivity contribution in [3.8, 4) is 28.7 Å². The van der Waals surface area contributed by atoms with Crippen LogP contribution in [0.1, 0.15) is 23.1 Å². The lowest BCUT2D eigenvalue weighted by Crippen LogP contribution is -2.17. The van der Waals surface area contributed by atoms with Crippen LogP contribution >= 0.6 is 0 Å². The van der Waals surface area contributed by atoms with Gasteiger partial charge in [0.05, 0.1) is 27.0 Å². The van der Waals surface area contributed by atoms with Gasteiger partial charge >= 0.3 is 6.01 Å². The summed E-state index contributed by atoms with van der Waals surface area (Å²) in [6.07, 6.45) is 0. The predicted molar refractivity (Wildman–Crippen MR) is 100.0 cm³/mol. The van der Waals surface area contributed by atoms with Gasteiger partial charge in [0.1, 0.15) is 5.69 Å². The van der Waals surface area contributed by atoms with Crippen molar-refractivity contribution in [2.45, 2.75) is 20.4 Å². The highest BCUT2D eigenvalue weighted by Crippen LogP contribution is 2.41. The molecule has 0 aliphatic heterocycles. The number of anilines is 1. The van der Waals surface area contributed by atoms with Gasteiger partial charge in [0.25, 0.3) is 5.91 Å². The van der Waals surface area contributed by atoms with Gasteiger partial charge in [0.15, 0.2) is 11.5 Å². The Morgan fingerprint density at radius 1 is 1.11 bits per heavy atom. The smallest absolute Gasteiger partial charge is 0.322 e. The molecule has 1 aromatic carbocycles. The van der Waals surface area contributed by atoms with E-state index >= 15 is 0 Å². The van der Waals surface area contributed by atoms with Crippen molar-refractivity contribution in [3.05, 3.63) is 29.6 Å². The summed E-state index contributed by atoms with van der Waals surface area (Å²) in [6, 6.07) is 5.01. The molecular weight excluding hydrogens is 366 g/mol. The van der Waals surface area contributed by atoms with Crippen LogP contribution in [0.15, 0.2) is 22.6 Å². The molecule has 0 saturated heterocycles. The Balaban J connectivity index is 1.87. The van der Waals surface area contributed by atoms with Crippen molar-refractivity contribution >= 4 is 11.9 Å². The fraction of sp³-hybridized carbons (Fsp3) is 0.333. The molecule has 28 heavy (non-hydrogen) atoms. The van der Waals surface area contributed by atoms with Crippen molar-refractivity contribution in [1.29, 1.82) is 0 Å². The maximum absolute atomic E-state index is 12.5. The molecule has 3 rings (SSSR count). The molecule has 0 aliphatic carbocycles. The van der Waals surface area contributed by atoms with Crippen LogP contribution < -0.4 is 19.5 Å². The second-order valence-corrected chi connectivity index (χ2v) is 5.77. The molecule has 0 radical (unpaired) electrons. The number of carbonyl (C=O) groups is 1. The monoisotopic (exact) mass is 387 g/mol. The van der Waals surface area contributed by atoms with E-state index in [0.717, 1.165) is 5.69 Å². The summed E-state index contributed by atoms with van der Waals surface area (Å²) < 4.78 is 23.1. The number of carbonyl (C=O) groups excluding carboxylic acids is 1. The average molecular weight is 387 g/mol. The Labute approximate surface area is 161 Å². The summed E-state index contributed by atoms with van der Waals surface area (Å²) in [4.78, 5) is 12.5. The van der Waals surface area contributed by atoms with Gasteiger partial charge in [-0.05, 0) is 32.0 Å². The number of aromatic nitrogens is 4. The zero-order valence-corrected chi connectivity index (χ0v) is 16.3. The lowest BCUT2D eigenvalue weighted by atomic mass is 10.2. The van der Waals surface area contributed by atoms with Crippen molar-refractivity contribution in [2.75, 3.05) is 26.6 Å². The summed E-state index contributed by atoms with van der Waals surface area (Å²) >= 11 is 0. The van der Waals surface area contributed by atoms with Gasteiger partial charge in [-0.3, -0.25) is 14.8 Å². The van der Waals surface area contributed by atoms with Gasteiger partial charge in [-0.15, -0.1) is 5.10 Å². The first kappa shape index (κ1) is 19.2. The summed E-state index contributed by atoms with van der Waals surface area (Å²) in [5, 5.41) is 14.7. The largest absolute Gasteiger partial charge is 0.493 e. The van der Waals surface area contributed by atoms with E-state index in [1.54, 1.807) is 22.9 Å². The zero-order chi connectivity index (χ0) is 20.3. The van der Waals surface area contributed by atoms with E-state index < -0.39 is 0 Å². The van der Waals surface area contributed by atoms with E-state index in [2.05, 4.69) is 20.6 Å². The zero-order valence-electron chi connectivity index (χ0n) is 16.3. The van der Waals surface area contributed by atoms with E-state index in [1.807, 2.05) is 13.8 Å². The maximum atomic E-state index is 12.5. The minimum Gasteiger partial charge on any atom is -0.493 e. The summed E-state index contributed by atoms with van der Waals surface area (Å²) in [5.41, 5.74) is 1.71. The molecule has 0 unspecified atom stereocenters. The fourth-order valence-electron chi connectivity index (χ4n) is 2.73. The van der Waals surface area contributed by atoms with Crippen LogP contribution in [0.5, 0.6) is 17.2 Å². The van der Waals surface area contributed by atoms with Crippen LogP contribution in [-0.4, -0.2) is 47.2 Å². The third-order valence-electron chi connectivity index (χ3n) is 3.99. The molecule has 10 nitrogen and oxygen atoms in total. The molecule has 0 fully saturated rings. The quantitative estimate of drug-likeness (QED) is 0.658. The third kappa shape index (κ3) is 3.61. The van der Waals surface area contributed by atoms with Crippen molar-refractivity contribution in [3.63, 3.8) is 0 Å². The molecular formula is C18H21N5O5. The van der Waals surface area contributed by atoms with Crippen LogP contribution in [0.2, 0.25) is 0 Å². The molecule has 0 bridgehead atoms. The van der Waals surface area contributed by atoms with Gasteiger partial charge in [-0.1, -0.05) is 5.10 Å². The molecule has 3 aromatic rings. The lowest BCUT2D eigenvalue weighted by Gasteiger charge is -2.12. The Hall–Kier alpha value is -3.56. The van der Waals surface area contributed by atoms with E-state index in [-0.39, 0.29) is 17.8 Å². The molecule has 2 heterocycles. The fourth-order valence-corrected chi connectivity index (χ4v) is 2.73. The molecule has 0 atom stereocenters. The summed E-state index contributed by atoms with van der Waals surface area (Å²) in [7, 11) is 4.54. The molecule has 0 saturated carbocycles. The standard InChI is InChI=1S/C18H21N5O5/c1-6-23-12(7-10(2)22-23)16(24)19-18-21-20-17(28-18)11-8-13(25-3)15(27-5)14(9-11)26-4/h7-9H,6H2,1-5H3,(H,19,21,24). The van der Waals surface area contributed by atoms with Gasteiger partial charge < -0.3 is 18.6 Å². The first-order valence-corrected chi connectivity index (χ1v) is 8.50. The minimum atomic E-state index is -0.387. The highest BCUT2D eigenvalue weighted by atomic mass is 16.5. The number of amides is 1. The number of rotatable bonds is 7. The Bertz CT molecular complexity index is 969. The number of nitrogens with one attached hydrogen (secondary N) is 1. The normalized spacial score (nSPS) is 10.6. The van der Waals surface area contributed by atoms with Gasteiger partial charge in [-0.25, -0.2) is 0 Å².